The van der Waals surface area contributed by atoms with Crippen molar-refractivity contribution in [1.29, 1.82) is 0 Å². The number of halogens is 1. The molecule has 0 spiro atoms. The lowest BCUT2D eigenvalue weighted by Crippen LogP contribution is -2.25. The summed E-state index contributed by atoms with van der Waals surface area (Å²) in [7, 11) is 0. The molecule has 5 heteroatoms. The van der Waals surface area contributed by atoms with Crippen molar-refractivity contribution in [2.45, 2.75) is 39.7 Å². The van der Waals surface area contributed by atoms with E-state index >= 15 is 0 Å². The maximum absolute atomic E-state index is 5.96. The summed E-state index contributed by atoms with van der Waals surface area (Å²) in [5, 5.41) is 4.12. The Balaban J connectivity index is 1.88. The standard InChI is InChI=1S/C17H25ClN4/c1-4-22(5-2)10-6-7-13(3)20-17-12-19-16-11-14(18)8-9-15(16)21-17/h8-9,11-13H,4-7,10H2,1-3H3,(H,20,21). The molecule has 0 saturated carbocycles. The molecule has 4 nitrogen and oxygen atoms in total. The molecule has 0 radical (unpaired) electrons. The van der Waals surface area contributed by atoms with Crippen LogP contribution in [-0.2, 0) is 0 Å². The van der Waals surface area contributed by atoms with Crippen LogP contribution in [0.5, 0.6) is 0 Å². The first kappa shape index (κ1) is 17.0. The second kappa shape index (κ2) is 8.30. The number of nitrogens with zero attached hydrogens (tertiary/aromatic N) is 3. The van der Waals surface area contributed by atoms with Crippen molar-refractivity contribution in [3.05, 3.63) is 29.4 Å². The van der Waals surface area contributed by atoms with E-state index in [4.69, 9.17) is 11.6 Å². The van der Waals surface area contributed by atoms with Crippen molar-refractivity contribution in [3.8, 4) is 0 Å². The maximum atomic E-state index is 5.96. The van der Waals surface area contributed by atoms with E-state index in [1.54, 1.807) is 6.20 Å². The Morgan fingerprint density at radius 1 is 1.23 bits per heavy atom. The first-order chi connectivity index (χ1) is 10.6. The van der Waals surface area contributed by atoms with Crippen LogP contribution in [0, 0.1) is 0 Å². The van der Waals surface area contributed by atoms with Crippen LogP contribution in [-0.4, -0.2) is 40.5 Å². The fraction of sp³-hybridized carbons (Fsp3) is 0.529. The lowest BCUT2D eigenvalue weighted by atomic mass is 10.1. The van der Waals surface area contributed by atoms with E-state index in [2.05, 4.69) is 41.0 Å². The lowest BCUT2D eigenvalue weighted by molar-refractivity contribution is 0.295. The van der Waals surface area contributed by atoms with Crippen LogP contribution in [0.2, 0.25) is 5.02 Å². The molecule has 0 bridgehead atoms. The number of hydrogen-bond acceptors (Lipinski definition) is 4. The number of rotatable bonds is 8. The predicted octanol–water partition coefficient (Wildman–Crippen LogP) is 4.21. The van der Waals surface area contributed by atoms with Gasteiger partial charge in [-0.2, -0.15) is 0 Å². The first-order valence-corrected chi connectivity index (χ1v) is 8.41. The van der Waals surface area contributed by atoms with Crippen LogP contribution in [0.15, 0.2) is 24.4 Å². The Morgan fingerprint density at radius 3 is 2.73 bits per heavy atom. The van der Waals surface area contributed by atoms with Crippen LogP contribution >= 0.6 is 11.6 Å². The van der Waals surface area contributed by atoms with Gasteiger partial charge in [-0.25, -0.2) is 4.98 Å². The molecule has 0 aliphatic heterocycles. The van der Waals surface area contributed by atoms with E-state index < -0.39 is 0 Å². The van der Waals surface area contributed by atoms with Crippen LogP contribution in [0.4, 0.5) is 5.82 Å². The average molecular weight is 321 g/mol. The molecule has 22 heavy (non-hydrogen) atoms. The van der Waals surface area contributed by atoms with Gasteiger partial charge < -0.3 is 10.2 Å². The summed E-state index contributed by atoms with van der Waals surface area (Å²) in [5.74, 6) is 0.824. The summed E-state index contributed by atoms with van der Waals surface area (Å²) in [6, 6.07) is 5.97. The summed E-state index contributed by atoms with van der Waals surface area (Å²) in [6.07, 6.45) is 4.09. The summed E-state index contributed by atoms with van der Waals surface area (Å²) < 4.78 is 0. The van der Waals surface area contributed by atoms with E-state index in [0.717, 1.165) is 42.9 Å². The van der Waals surface area contributed by atoms with E-state index in [1.807, 2.05) is 18.2 Å². The fourth-order valence-corrected chi connectivity index (χ4v) is 2.71. The molecule has 1 aromatic heterocycles. The van der Waals surface area contributed by atoms with Gasteiger partial charge in [0.05, 0.1) is 17.2 Å². The van der Waals surface area contributed by atoms with Gasteiger partial charge in [0.25, 0.3) is 0 Å². The van der Waals surface area contributed by atoms with Crippen molar-refractivity contribution in [3.63, 3.8) is 0 Å². The molecule has 1 N–H and O–H groups in total. The number of benzene rings is 1. The number of anilines is 1. The van der Waals surface area contributed by atoms with Gasteiger partial charge in [-0.3, -0.25) is 4.98 Å². The van der Waals surface area contributed by atoms with Crippen molar-refractivity contribution in [2.75, 3.05) is 25.0 Å². The predicted molar refractivity (Wildman–Crippen MR) is 94.7 cm³/mol. The minimum Gasteiger partial charge on any atom is -0.366 e. The molecule has 0 aliphatic carbocycles. The molecule has 2 aromatic rings. The highest BCUT2D eigenvalue weighted by molar-refractivity contribution is 6.31. The molecular weight excluding hydrogens is 296 g/mol. The van der Waals surface area contributed by atoms with Crippen LogP contribution in [0.25, 0.3) is 11.0 Å². The normalized spacial score (nSPS) is 12.8. The third kappa shape index (κ3) is 4.82. The fourth-order valence-electron chi connectivity index (χ4n) is 2.54. The molecule has 1 unspecified atom stereocenters. The van der Waals surface area contributed by atoms with Crippen LogP contribution in [0.3, 0.4) is 0 Å². The summed E-state index contributed by atoms with van der Waals surface area (Å²) in [4.78, 5) is 11.5. The van der Waals surface area contributed by atoms with Crippen molar-refractivity contribution in [1.82, 2.24) is 14.9 Å². The van der Waals surface area contributed by atoms with Crippen molar-refractivity contribution in [2.24, 2.45) is 0 Å². The zero-order chi connectivity index (χ0) is 15.9. The molecular formula is C17H25ClN4. The van der Waals surface area contributed by atoms with Gasteiger partial charge in [0.15, 0.2) is 0 Å². The zero-order valence-electron chi connectivity index (χ0n) is 13.6. The van der Waals surface area contributed by atoms with E-state index in [-0.39, 0.29) is 0 Å². The molecule has 120 valence electrons. The third-order valence-electron chi connectivity index (χ3n) is 3.90. The van der Waals surface area contributed by atoms with Gasteiger partial charge in [0.2, 0.25) is 0 Å². The van der Waals surface area contributed by atoms with Gasteiger partial charge in [-0.15, -0.1) is 0 Å². The smallest absolute Gasteiger partial charge is 0.145 e. The minimum absolute atomic E-state index is 0.384. The van der Waals surface area contributed by atoms with Gasteiger partial charge in [0.1, 0.15) is 5.82 Å². The Hall–Kier alpha value is -1.39. The van der Waals surface area contributed by atoms with E-state index in [1.165, 1.54) is 6.42 Å². The highest BCUT2D eigenvalue weighted by Crippen LogP contribution is 2.18. The molecule has 0 aliphatic rings. The molecule has 0 fully saturated rings. The van der Waals surface area contributed by atoms with Gasteiger partial charge in [-0.05, 0) is 57.6 Å². The topological polar surface area (TPSA) is 41.0 Å². The van der Waals surface area contributed by atoms with Crippen LogP contribution < -0.4 is 5.32 Å². The molecule has 0 amide bonds. The Kier molecular flexibility index (Phi) is 6.40. The van der Waals surface area contributed by atoms with Crippen molar-refractivity contribution >= 4 is 28.5 Å². The average Bonchev–Trinajstić information content (AvgIpc) is 2.52. The molecule has 1 aromatic carbocycles. The highest BCUT2D eigenvalue weighted by atomic mass is 35.5. The summed E-state index contributed by atoms with van der Waals surface area (Å²) >= 11 is 5.96. The van der Waals surface area contributed by atoms with E-state index in [0.29, 0.717) is 11.1 Å². The minimum atomic E-state index is 0.384. The molecule has 1 heterocycles. The monoisotopic (exact) mass is 320 g/mol. The summed E-state index contributed by atoms with van der Waals surface area (Å²) in [6.45, 7) is 10.0. The van der Waals surface area contributed by atoms with Crippen molar-refractivity contribution < 1.29 is 0 Å². The Morgan fingerprint density at radius 2 is 2.00 bits per heavy atom. The highest BCUT2D eigenvalue weighted by Gasteiger charge is 2.06. The maximum Gasteiger partial charge on any atom is 0.145 e. The van der Waals surface area contributed by atoms with Gasteiger partial charge in [-0.1, -0.05) is 25.4 Å². The SMILES string of the molecule is CCN(CC)CCCC(C)Nc1cnc2cc(Cl)ccc2n1. The van der Waals surface area contributed by atoms with E-state index in [9.17, 15) is 0 Å². The number of nitrogens with one attached hydrogen (secondary N) is 1. The molecule has 1 atom stereocenters. The van der Waals surface area contributed by atoms with Gasteiger partial charge >= 0.3 is 0 Å². The second-order valence-corrected chi connectivity index (χ2v) is 6.04. The molecule has 2 rings (SSSR count). The molecule has 0 saturated heterocycles. The number of aromatic nitrogens is 2. The quantitative estimate of drug-likeness (QED) is 0.791. The number of hydrogen-bond donors (Lipinski definition) is 1. The zero-order valence-corrected chi connectivity index (χ0v) is 14.4. The summed E-state index contributed by atoms with van der Waals surface area (Å²) in [5.41, 5.74) is 1.69. The largest absolute Gasteiger partial charge is 0.366 e. The first-order valence-electron chi connectivity index (χ1n) is 8.03. The Bertz CT molecular complexity index is 598. The van der Waals surface area contributed by atoms with Crippen LogP contribution in [0.1, 0.15) is 33.6 Å². The Labute approximate surface area is 137 Å². The third-order valence-corrected chi connectivity index (χ3v) is 4.14. The second-order valence-electron chi connectivity index (χ2n) is 5.60. The number of fused-ring (bicyclic) bond motifs is 1. The lowest BCUT2D eigenvalue weighted by Gasteiger charge is -2.20. The van der Waals surface area contributed by atoms with Gasteiger partial charge in [0, 0.05) is 11.1 Å².